The summed E-state index contributed by atoms with van der Waals surface area (Å²) in [5.74, 6) is 4.71. The molecule has 6 aromatic rings. The van der Waals surface area contributed by atoms with Crippen LogP contribution in [-0.2, 0) is 0 Å². The third-order valence-corrected chi connectivity index (χ3v) is 11.9. The third kappa shape index (κ3) is 9.77. The van der Waals surface area contributed by atoms with Gasteiger partial charge in [-0.1, -0.05) is 38.5 Å². The van der Waals surface area contributed by atoms with E-state index >= 15 is 0 Å². The maximum atomic E-state index is 4.58. The molecule has 0 saturated heterocycles. The highest BCUT2D eigenvalue weighted by atomic mass is 32.1. The van der Waals surface area contributed by atoms with Crippen LogP contribution in [0.3, 0.4) is 0 Å². The van der Waals surface area contributed by atoms with Crippen LogP contribution in [0.25, 0.3) is 20.4 Å². The van der Waals surface area contributed by atoms with Crippen LogP contribution in [0.4, 0.5) is 47.1 Å². The number of nitrogens with zero attached hydrogens (tertiary/aromatic N) is 8. The molecule has 4 heterocycles. The largest absolute Gasteiger partial charge is 0.357 e. The van der Waals surface area contributed by atoms with Gasteiger partial charge in [-0.15, -0.1) is 22.7 Å². The van der Waals surface area contributed by atoms with E-state index in [9.17, 15) is 0 Å². The van der Waals surface area contributed by atoms with E-state index in [2.05, 4.69) is 97.8 Å². The average Bonchev–Trinajstić information content (AvgIpc) is 3.88. The van der Waals surface area contributed by atoms with Crippen molar-refractivity contribution in [3.05, 3.63) is 47.4 Å². The Kier molecular flexibility index (Phi) is 12.4. The van der Waals surface area contributed by atoms with Gasteiger partial charge >= 0.3 is 0 Å². The van der Waals surface area contributed by atoms with Crippen molar-refractivity contribution in [3.8, 4) is 0 Å². The zero-order valence-electron chi connectivity index (χ0n) is 31.4. The van der Waals surface area contributed by atoms with Crippen LogP contribution >= 0.6 is 22.7 Å². The molecule has 0 amide bonds. The minimum absolute atomic E-state index is 0.346. The summed E-state index contributed by atoms with van der Waals surface area (Å²) in [5.41, 5.74) is 7.58. The molecular weight excluding hydrogens is 717 g/mol. The number of fused-ring (bicyclic) bond motifs is 2. The maximum Gasteiger partial charge on any atom is 0.233 e. The molecule has 54 heavy (non-hydrogen) atoms. The molecule has 0 spiro atoms. The van der Waals surface area contributed by atoms with E-state index in [1.807, 2.05) is 49.4 Å². The van der Waals surface area contributed by atoms with Crippen molar-refractivity contribution in [2.24, 2.45) is 11.8 Å². The maximum absolute atomic E-state index is 4.58. The molecule has 16 heteroatoms. The minimum Gasteiger partial charge on any atom is -0.357 e. The lowest BCUT2D eigenvalue weighted by molar-refractivity contribution is 0.327. The van der Waals surface area contributed by atoms with Crippen molar-refractivity contribution in [2.45, 2.75) is 90.1 Å². The van der Waals surface area contributed by atoms with Crippen LogP contribution in [0.15, 0.2) is 47.4 Å². The second kappa shape index (κ2) is 17.9. The Balaban J connectivity index is 0.000000167. The van der Waals surface area contributed by atoms with Crippen molar-refractivity contribution in [1.82, 2.24) is 39.9 Å². The molecule has 2 unspecified atom stereocenters. The van der Waals surface area contributed by atoms with Crippen LogP contribution < -0.4 is 31.9 Å². The minimum atomic E-state index is 0.346. The SMILES string of the molecule is CNc1nc(Nc2ccc3ncsc3c2)nc(NC(C)C2CCCCC2)n1.CNc1nc(Nc2ccc3ncsc3c2)nc(NC(C)C2CCCCC2)n1. The molecule has 8 rings (SSSR count). The summed E-state index contributed by atoms with van der Waals surface area (Å²) in [4.78, 5) is 35.6. The first-order valence-corrected chi connectivity index (χ1v) is 20.8. The van der Waals surface area contributed by atoms with E-state index < -0.39 is 0 Å². The molecule has 4 aromatic heterocycles. The number of nitrogens with one attached hydrogen (secondary N) is 6. The van der Waals surface area contributed by atoms with Crippen molar-refractivity contribution in [2.75, 3.05) is 46.0 Å². The number of aromatic nitrogens is 8. The Labute approximate surface area is 324 Å². The highest BCUT2D eigenvalue weighted by molar-refractivity contribution is 7.17. The van der Waals surface area contributed by atoms with Crippen molar-refractivity contribution < 1.29 is 0 Å². The normalized spacial score (nSPS) is 16.2. The molecule has 2 aliphatic carbocycles. The first-order chi connectivity index (χ1) is 26.4. The molecule has 2 aliphatic rings. The number of hydrogen-bond donors (Lipinski definition) is 6. The molecule has 6 N–H and O–H groups in total. The number of rotatable bonds is 12. The summed E-state index contributed by atoms with van der Waals surface area (Å²) in [5, 5.41) is 19.6. The molecule has 0 aliphatic heterocycles. The fraction of sp³-hybridized carbons (Fsp3) is 0.474. The molecule has 0 radical (unpaired) electrons. The fourth-order valence-electron chi connectivity index (χ4n) is 7.25. The first-order valence-electron chi connectivity index (χ1n) is 19.0. The summed E-state index contributed by atoms with van der Waals surface area (Å²) in [7, 11) is 3.63. The van der Waals surface area contributed by atoms with Gasteiger partial charge in [-0.25, -0.2) is 9.97 Å². The van der Waals surface area contributed by atoms with Gasteiger partial charge in [0.1, 0.15) is 0 Å². The second-order valence-corrected chi connectivity index (χ2v) is 15.9. The zero-order valence-corrected chi connectivity index (χ0v) is 33.0. The average molecular weight is 767 g/mol. The summed E-state index contributed by atoms with van der Waals surface area (Å²) in [6.07, 6.45) is 13.1. The standard InChI is InChI=1S/2C19H25N7S/c2*1-12(13-6-4-3-5-7-13)22-18-24-17(20-2)25-19(26-18)23-14-8-9-15-16(10-14)27-11-21-15/h2*8-13H,3-7H2,1-2H3,(H3,20,22,23,24,25,26). The van der Waals surface area contributed by atoms with Gasteiger partial charge in [-0.3, -0.25) is 0 Å². The van der Waals surface area contributed by atoms with E-state index in [1.54, 1.807) is 22.7 Å². The summed E-state index contributed by atoms with van der Waals surface area (Å²) >= 11 is 3.24. The second-order valence-electron chi connectivity index (χ2n) is 14.1. The van der Waals surface area contributed by atoms with Crippen molar-refractivity contribution >= 4 is 90.2 Å². The number of benzene rings is 2. The Morgan fingerprint density at radius 1 is 0.519 bits per heavy atom. The number of hydrogen-bond acceptors (Lipinski definition) is 16. The predicted molar refractivity (Wildman–Crippen MR) is 224 cm³/mol. The number of anilines is 8. The smallest absolute Gasteiger partial charge is 0.233 e. The van der Waals surface area contributed by atoms with Gasteiger partial charge in [-0.05, 0) is 87.8 Å². The lowest BCUT2D eigenvalue weighted by atomic mass is 9.85. The van der Waals surface area contributed by atoms with Crippen LogP contribution in [-0.4, -0.2) is 66.1 Å². The molecule has 2 atom stereocenters. The molecule has 0 bridgehead atoms. The molecule has 2 saturated carbocycles. The van der Waals surface area contributed by atoms with Crippen molar-refractivity contribution in [3.63, 3.8) is 0 Å². The van der Waals surface area contributed by atoms with Gasteiger partial charge in [0.2, 0.25) is 35.7 Å². The van der Waals surface area contributed by atoms with E-state index in [0.717, 1.165) is 31.8 Å². The highest BCUT2D eigenvalue weighted by Crippen LogP contribution is 2.30. The van der Waals surface area contributed by atoms with E-state index in [1.165, 1.54) is 64.2 Å². The predicted octanol–water partition coefficient (Wildman–Crippen LogP) is 9.29. The van der Waals surface area contributed by atoms with E-state index in [4.69, 9.17) is 0 Å². The fourth-order valence-corrected chi connectivity index (χ4v) is 8.68. The van der Waals surface area contributed by atoms with Gasteiger partial charge < -0.3 is 31.9 Å². The highest BCUT2D eigenvalue weighted by Gasteiger charge is 2.22. The van der Waals surface area contributed by atoms with Crippen LogP contribution in [0.5, 0.6) is 0 Å². The molecule has 284 valence electrons. The van der Waals surface area contributed by atoms with Crippen LogP contribution in [0.2, 0.25) is 0 Å². The van der Waals surface area contributed by atoms with Gasteiger partial charge in [0, 0.05) is 37.6 Å². The van der Waals surface area contributed by atoms with Gasteiger partial charge in [-0.2, -0.15) is 29.9 Å². The summed E-state index contributed by atoms with van der Waals surface area (Å²) < 4.78 is 2.26. The molecule has 2 aromatic carbocycles. The monoisotopic (exact) mass is 766 g/mol. The Bertz CT molecular complexity index is 1960. The molecule has 2 fully saturated rings. The van der Waals surface area contributed by atoms with Gasteiger partial charge in [0.25, 0.3) is 0 Å². The van der Waals surface area contributed by atoms with Crippen LogP contribution in [0.1, 0.15) is 78.1 Å². The lowest BCUT2D eigenvalue weighted by Gasteiger charge is -2.28. The van der Waals surface area contributed by atoms with E-state index in [-0.39, 0.29) is 0 Å². The molecule has 14 nitrogen and oxygen atoms in total. The quantitative estimate of drug-likeness (QED) is 0.0695. The lowest BCUT2D eigenvalue weighted by Crippen LogP contribution is -2.28. The Hall–Kier alpha value is -4.96. The zero-order chi connectivity index (χ0) is 37.3. The van der Waals surface area contributed by atoms with Gasteiger partial charge in [0.05, 0.1) is 31.5 Å². The third-order valence-electron chi connectivity index (χ3n) is 10.3. The Morgan fingerprint density at radius 3 is 1.31 bits per heavy atom. The first kappa shape index (κ1) is 37.4. The molecular formula is C38H50N14S2. The van der Waals surface area contributed by atoms with Gasteiger partial charge in [0.15, 0.2) is 0 Å². The van der Waals surface area contributed by atoms with E-state index in [0.29, 0.717) is 59.6 Å². The number of thiazole rings is 2. The summed E-state index contributed by atoms with van der Waals surface area (Å²) in [6.45, 7) is 4.45. The van der Waals surface area contributed by atoms with Crippen LogP contribution in [0, 0.1) is 11.8 Å². The Morgan fingerprint density at radius 2 is 0.907 bits per heavy atom. The summed E-state index contributed by atoms with van der Waals surface area (Å²) in [6, 6.07) is 12.8. The van der Waals surface area contributed by atoms with Crippen molar-refractivity contribution in [1.29, 1.82) is 0 Å². The topological polar surface area (TPSA) is 175 Å².